The lowest BCUT2D eigenvalue weighted by molar-refractivity contribution is 0.277. The van der Waals surface area contributed by atoms with Gasteiger partial charge in [0.2, 0.25) is 5.16 Å². The van der Waals surface area contributed by atoms with Crippen molar-refractivity contribution in [2.45, 2.75) is 45.2 Å². The van der Waals surface area contributed by atoms with Crippen LogP contribution in [0, 0.1) is 0 Å². The Morgan fingerprint density at radius 2 is 2.04 bits per heavy atom. The topological polar surface area (TPSA) is 61.5 Å². The molecule has 0 N–H and O–H groups in total. The summed E-state index contributed by atoms with van der Waals surface area (Å²) in [4.78, 5) is 0. The molecule has 1 aromatic heterocycles. The van der Waals surface area contributed by atoms with Crippen molar-refractivity contribution in [1.82, 2.24) is 14.9 Å². The standard InChI is InChI=1S/C18H25ClN4O2S/c1-6-8-25-16-14(19)9-13(10-15(16)24-7-2)11-20-23-17(12(3)4)21-22-18(23)26-5/h9-12H,6-8H2,1-5H3/b20-11-. The molecule has 6 nitrogen and oxygen atoms in total. The second-order valence-corrected chi connectivity index (χ2v) is 7.05. The Morgan fingerprint density at radius 3 is 2.65 bits per heavy atom. The fourth-order valence-electron chi connectivity index (χ4n) is 2.27. The number of aromatic nitrogens is 3. The number of hydrogen-bond acceptors (Lipinski definition) is 6. The Hall–Kier alpha value is -1.73. The molecule has 0 saturated carbocycles. The van der Waals surface area contributed by atoms with Crippen LogP contribution in [0.5, 0.6) is 11.5 Å². The number of nitrogens with zero attached hydrogens (tertiary/aromatic N) is 4. The third-order valence-corrected chi connectivity index (χ3v) is 4.34. The fraction of sp³-hybridized carbons (Fsp3) is 0.500. The number of rotatable bonds is 9. The number of thioether (sulfide) groups is 1. The molecule has 0 unspecified atom stereocenters. The summed E-state index contributed by atoms with van der Waals surface area (Å²) in [6.45, 7) is 9.20. The van der Waals surface area contributed by atoms with Gasteiger partial charge in [-0.2, -0.15) is 9.78 Å². The highest BCUT2D eigenvalue weighted by atomic mass is 35.5. The smallest absolute Gasteiger partial charge is 0.211 e. The Kier molecular flexibility index (Phi) is 7.78. The first-order valence-electron chi connectivity index (χ1n) is 8.64. The molecular formula is C18H25ClN4O2S. The van der Waals surface area contributed by atoms with E-state index >= 15 is 0 Å². The van der Waals surface area contributed by atoms with Crippen LogP contribution in [-0.2, 0) is 0 Å². The first-order chi connectivity index (χ1) is 12.5. The largest absolute Gasteiger partial charge is 0.490 e. The van der Waals surface area contributed by atoms with Gasteiger partial charge >= 0.3 is 0 Å². The molecule has 2 rings (SSSR count). The molecule has 0 fully saturated rings. The van der Waals surface area contributed by atoms with Gasteiger partial charge in [-0.25, -0.2) is 0 Å². The Labute approximate surface area is 163 Å². The van der Waals surface area contributed by atoms with Crippen LogP contribution in [0.3, 0.4) is 0 Å². The Morgan fingerprint density at radius 1 is 1.27 bits per heavy atom. The van der Waals surface area contributed by atoms with Crippen molar-refractivity contribution >= 4 is 29.6 Å². The predicted octanol–water partition coefficient (Wildman–Crippen LogP) is 4.85. The van der Waals surface area contributed by atoms with Gasteiger partial charge in [0.15, 0.2) is 17.3 Å². The van der Waals surface area contributed by atoms with Crippen molar-refractivity contribution in [2.24, 2.45) is 5.10 Å². The van der Waals surface area contributed by atoms with E-state index in [-0.39, 0.29) is 5.92 Å². The van der Waals surface area contributed by atoms with Gasteiger partial charge < -0.3 is 9.47 Å². The van der Waals surface area contributed by atoms with Crippen LogP contribution in [0.25, 0.3) is 0 Å². The van der Waals surface area contributed by atoms with Gasteiger partial charge in [-0.15, -0.1) is 10.2 Å². The summed E-state index contributed by atoms with van der Waals surface area (Å²) in [6.07, 6.45) is 4.57. The minimum atomic E-state index is 0.216. The van der Waals surface area contributed by atoms with Crippen LogP contribution < -0.4 is 9.47 Å². The molecule has 0 aliphatic heterocycles. The van der Waals surface area contributed by atoms with Gasteiger partial charge in [0, 0.05) is 5.92 Å². The molecule has 0 atom stereocenters. The summed E-state index contributed by atoms with van der Waals surface area (Å²) < 4.78 is 13.2. The summed E-state index contributed by atoms with van der Waals surface area (Å²) in [6, 6.07) is 3.69. The molecule has 0 saturated heterocycles. The molecule has 26 heavy (non-hydrogen) atoms. The predicted molar refractivity (Wildman–Crippen MR) is 107 cm³/mol. The molecule has 0 aliphatic carbocycles. The van der Waals surface area contributed by atoms with E-state index in [1.165, 1.54) is 11.8 Å². The highest BCUT2D eigenvalue weighted by Crippen LogP contribution is 2.36. The van der Waals surface area contributed by atoms with Crippen LogP contribution >= 0.6 is 23.4 Å². The molecule has 142 valence electrons. The van der Waals surface area contributed by atoms with Gasteiger partial charge in [0.05, 0.1) is 24.5 Å². The summed E-state index contributed by atoms with van der Waals surface area (Å²) in [7, 11) is 0. The summed E-state index contributed by atoms with van der Waals surface area (Å²) in [5.41, 5.74) is 0.817. The van der Waals surface area contributed by atoms with Crippen molar-refractivity contribution in [1.29, 1.82) is 0 Å². The van der Waals surface area contributed by atoms with E-state index in [0.717, 1.165) is 23.0 Å². The molecule has 0 aliphatic rings. The van der Waals surface area contributed by atoms with E-state index in [0.29, 0.717) is 29.7 Å². The zero-order valence-corrected chi connectivity index (χ0v) is 17.4. The number of benzene rings is 1. The van der Waals surface area contributed by atoms with Crippen LogP contribution in [0.15, 0.2) is 22.4 Å². The second kappa shape index (κ2) is 9.83. The van der Waals surface area contributed by atoms with Gasteiger partial charge in [0.1, 0.15) is 0 Å². The fourth-order valence-corrected chi connectivity index (χ4v) is 2.98. The highest BCUT2D eigenvalue weighted by Gasteiger charge is 2.15. The summed E-state index contributed by atoms with van der Waals surface area (Å²) >= 11 is 7.90. The molecule has 2 aromatic rings. The molecule has 1 aromatic carbocycles. The van der Waals surface area contributed by atoms with E-state index in [1.54, 1.807) is 10.9 Å². The van der Waals surface area contributed by atoms with E-state index < -0.39 is 0 Å². The maximum atomic E-state index is 6.40. The van der Waals surface area contributed by atoms with Crippen LogP contribution in [0.2, 0.25) is 5.02 Å². The first kappa shape index (κ1) is 20.6. The monoisotopic (exact) mass is 396 g/mol. The lowest BCUT2D eigenvalue weighted by atomic mass is 10.2. The maximum absolute atomic E-state index is 6.40. The van der Waals surface area contributed by atoms with Gasteiger partial charge in [-0.3, -0.25) is 0 Å². The van der Waals surface area contributed by atoms with Gasteiger partial charge in [0.25, 0.3) is 0 Å². The highest BCUT2D eigenvalue weighted by molar-refractivity contribution is 7.98. The summed E-state index contributed by atoms with van der Waals surface area (Å²) in [5.74, 6) is 2.22. The van der Waals surface area contributed by atoms with Crippen molar-refractivity contribution in [3.63, 3.8) is 0 Å². The Balaban J connectivity index is 2.38. The van der Waals surface area contributed by atoms with Crippen molar-refractivity contribution in [2.75, 3.05) is 19.5 Å². The van der Waals surface area contributed by atoms with Gasteiger partial charge in [-0.1, -0.05) is 44.1 Å². The lowest BCUT2D eigenvalue weighted by Gasteiger charge is -2.14. The van der Waals surface area contributed by atoms with E-state index in [1.807, 2.05) is 32.2 Å². The van der Waals surface area contributed by atoms with Crippen molar-refractivity contribution < 1.29 is 9.47 Å². The minimum absolute atomic E-state index is 0.216. The number of hydrogen-bond donors (Lipinski definition) is 0. The number of halogens is 1. The number of ether oxygens (including phenoxy) is 2. The molecule has 0 bridgehead atoms. The second-order valence-electron chi connectivity index (χ2n) is 5.87. The molecule has 0 amide bonds. The molecular weight excluding hydrogens is 372 g/mol. The van der Waals surface area contributed by atoms with Crippen molar-refractivity contribution in [3.8, 4) is 11.5 Å². The molecule has 0 radical (unpaired) electrons. The minimum Gasteiger partial charge on any atom is -0.490 e. The quantitative estimate of drug-likeness (QED) is 0.448. The maximum Gasteiger partial charge on any atom is 0.211 e. The summed E-state index contributed by atoms with van der Waals surface area (Å²) in [5, 5.41) is 14.2. The van der Waals surface area contributed by atoms with E-state index in [9.17, 15) is 0 Å². The SMILES string of the molecule is CCCOc1c(Cl)cc(/C=N\n2c(SC)nnc2C(C)C)cc1OCC. The Bertz CT molecular complexity index is 762. The average Bonchev–Trinajstić information content (AvgIpc) is 3.02. The zero-order chi connectivity index (χ0) is 19.1. The van der Waals surface area contributed by atoms with Gasteiger partial charge in [-0.05, 0) is 37.3 Å². The average molecular weight is 397 g/mol. The van der Waals surface area contributed by atoms with Crippen LogP contribution in [0.4, 0.5) is 0 Å². The van der Waals surface area contributed by atoms with E-state index in [2.05, 4.69) is 29.1 Å². The van der Waals surface area contributed by atoms with Crippen molar-refractivity contribution in [3.05, 3.63) is 28.5 Å². The third kappa shape index (κ3) is 4.92. The normalized spacial score (nSPS) is 11.5. The molecule has 1 heterocycles. The van der Waals surface area contributed by atoms with E-state index in [4.69, 9.17) is 21.1 Å². The zero-order valence-electron chi connectivity index (χ0n) is 15.8. The van der Waals surface area contributed by atoms with Crippen LogP contribution in [0.1, 0.15) is 51.4 Å². The van der Waals surface area contributed by atoms with Crippen LogP contribution in [-0.4, -0.2) is 40.6 Å². The molecule has 8 heteroatoms. The third-order valence-electron chi connectivity index (χ3n) is 3.44. The molecule has 0 spiro atoms. The first-order valence-corrected chi connectivity index (χ1v) is 10.2. The lowest BCUT2D eigenvalue weighted by Crippen LogP contribution is -2.03.